The van der Waals surface area contributed by atoms with Gasteiger partial charge in [-0.1, -0.05) is 31.4 Å². The van der Waals surface area contributed by atoms with E-state index < -0.39 is 0 Å². The Bertz CT molecular complexity index is 544. The largest absolute Gasteiger partial charge is 0.312 e. The average molecular weight is 361 g/mol. The van der Waals surface area contributed by atoms with Crippen LogP contribution in [0.5, 0.6) is 0 Å². The zero-order valence-corrected chi connectivity index (χ0v) is 18.8. The lowest BCUT2D eigenvalue weighted by atomic mass is 10.0. The second-order valence-electron chi connectivity index (χ2n) is 7.27. The molecule has 0 N–H and O–H groups in total. The van der Waals surface area contributed by atoms with Crippen molar-refractivity contribution in [2.75, 3.05) is 0 Å². The Morgan fingerprint density at radius 2 is 1.46 bits per heavy atom. The van der Waals surface area contributed by atoms with Gasteiger partial charge in [-0.3, -0.25) is 0 Å². The first-order chi connectivity index (χ1) is 11.3. The second-order valence-corrected chi connectivity index (χ2v) is 7.27. The van der Waals surface area contributed by atoms with E-state index in [0.717, 1.165) is 6.42 Å². The van der Waals surface area contributed by atoms with Gasteiger partial charge in [-0.05, 0) is 60.3 Å². The first-order valence-corrected chi connectivity index (χ1v) is 9.93. The number of aromatic nitrogens is 2. The summed E-state index contributed by atoms with van der Waals surface area (Å²) in [5.74, 6) is 0.567. The molecule has 3 nitrogen and oxygen atoms in total. The zero-order chi connectivity index (χ0) is 19.0. The molecule has 5 heteroatoms. The fourth-order valence-electron chi connectivity index (χ4n) is 3.39. The highest BCUT2D eigenvalue weighted by Gasteiger charge is 2.22. The summed E-state index contributed by atoms with van der Waals surface area (Å²) in [4.78, 5) is 5.12. The highest BCUT2D eigenvalue weighted by Crippen LogP contribution is 2.26. The van der Waals surface area contributed by atoms with Crippen molar-refractivity contribution in [3.8, 4) is 0 Å². The Hall–Kier alpha value is -0.630. The van der Waals surface area contributed by atoms with Gasteiger partial charge in [0.25, 0.3) is 0 Å². The van der Waals surface area contributed by atoms with Gasteiger partial charge in [0.05, 0.1) is 6.04 Å². The van der Waals surface area contributed by atoms with Crippen molar-refractivity contribution >= 4 is 9.55 Å². The van der Waals surface area contributed by atoms with Gasteiger partial charge in [0.15, 0.2) is 9.55 Å². The minimum Gasteiger partial charge on any atom is -0.312 e. The molecule has 0 aliphatic carbocycles. The first kappa shape index (κ1) is 23.4. The molecule has 3 unspecified atom stereocenters. The summed E-state index contributed by atoms with van der Waals surface area (Å²) >= 11 is 0. The van der Waals surface area contributed by atoms with Gasteiger partial charge in [-0.15, -0.1) is 0 Å². The summed E-state index contributed by atoms with van der Waals surface area (Å²) in [5.41, 5.74) is 4.02. The maximum absolute atomic E-state index is 9.53. The minimum atomic E-state index is 0.361. The first-order valence-electron chi connectivity index (χ1n) is 9.39. The highest BCUT2D eigenvalue weighted by molar-refractivity contribution is 7.09. The van der Waals surface area contributed by atoms with Gasteiger partial charge in [-0.25, -0.2) is 4.99 Å². The van der Waals surface area contributed by atoms with Crippen LogP contribution in [0.15, 0.2) is 4.99 Å². The van der Waals surface area contributed by atoms with Crippen LogP contribution in [0, 0.1) is 6.92 Å². The zero-order valence-electron chi connectivity index (χ0n) is 17.4. The maximum Gasteiger partial charge on any atom is 0.206 e. The van der Waals surface area contributed by atoms with Crippen LogP contribution in [0.1, 0.15) is 104 Å². The molecule has 0 bridgehead atoms. The third-order valence-corrected chi connectivity index (χ3v) is 4.58. The van der Waals surface area contributed by atoms with Crippen molar-refractivity contribution in [3.63, 3.8) is 0 Å². The molecular formula is C19H40FN3P+. The number of imidazole rings is 1. The van der Waals surface area contributed by atoms with Crippen molar-refractivity contribution in [2.45, 2.75) is 106 Å². The van der Waals surface area contributed by atoms with Crippen LogP contribution in [-0.2, 0) is 0 Å². The molecule has 1 rings (SSSR count). The molecule has 0 saturated heterocycles. The highest BCUT2D eigenvalue weighted by atomic mass is 31.1. The fourth-order valence-corrected chi connectivity index (χ4v) is 3.39. The van der Waals surface area contributed by atoms with Crippen LogP contribution in [-0.4, -0.2) is 15.2 Å². The standard InChI is InChI=1S/C19H37N3.FH3P/c1-10-12-16(8)20-19-21(13(3)4)17(9)18(15(7)11-2)22(19)14(5)6;1-2/h13-16H,10-12H2,1-9H3;2H3/q;+1. The molecular weight excluding hydrogens is 320 g/mol. The van der Waals surface area contributed by atoms with Gasteiger partial charge in [0, 0.05) is 23.5 Å². The molecule has 1 aromatic heterocycles. The summed E-state index contributed by atoms with van der Waals surface area (Å²) in [7, 11) is 0.361. The number of hydrogen-bond acceptors (Lipinski definition) is 1. The molecule has 0 fully saturated rings. The lowest BCUT2D eigenvalue weighted by molar-refractivity contribution is 0.474. The van der Waals surface area contributed by atoms with E-state index in [2.05, 4.69) is 71.4 Å². The molecule has 0 saturated carbocycles. The number of halogens is 1. The van der Waals surface area contributed by atoms with Crippen molar-refractivity contribution < 1.29 is 4.20 Å². The predicted molar refractivity (Wildman–Crippen MR) is 109 cm³/mol. The molecule has 1 heterocycles. The van der Waals surface area contributed by atoms with Gasteiger partial charge < -0.3 is 9.13 Å². The molecule has 24 heavy (non-hydrogen) atoms. The normalized spacial score (nSPS) is 14.9. The number of nitrogens with zero attached hydrogens (tertiary/aromatic N) is 3. The maximum atomic E-state index is 9.53. The van der Waals surface area contributed by atoms with Gasteiger partial charge in [0.2, 0.25) is 5.62 Å². The van der Waals surface area contributed by atoms with Crippen molar-refractivity contribution in [2.24, 2.45) is 4.99 Å². The Balaban J connectivity index is 0.00000254. The van der Waals surface area contributed by atoms with Crippen LogP contribution in [0.2, 0.25) is 0 Å². The van der Waals surface area contributed by atoms with E-state index in [0.29, 0.717) is 33.6 Å². The Kier molecular flexibility index (Phi) is 10.8. The third-order valence-electron chi connectivity index (χ3n) is 4.58. The van der Waals surface area contributed by atoms with E-state index in [9.17, 15) is 4.20 Å². The molecule has 0 aromatic carbocycles. The molecule has 3 atom stereocenters. The fraction of sp³-hybridized carbons (Fsp3) is 0.842. The summed E-state index contributed by atoms with van der Waals surface area (Å²) in [6, 6.07) is 1.26. The Morgan fingerprint density at radius 1 is 0.958 bits per heavy atom. The lowest BCUT2D eigenvalue weighted by Crippen LogP contribution is -2.31. The van der Waals surface area contributed by atoms with Crippen molar-refractivity contribution in [1.29, 1.82) is 0 Å². The molecule has 1 aromatic rings. The lowest BCUT2D eigenvalue weighted by Gasteiger charge is -2.17. The van der Waals surface area contributed by atoms with Crippen LogP contribution < -0.4 is 5.62 Å². The third kappa shape index (κ3) is 5.44. The topological polar surface area (TPSA) is 22.2 Å². The quantitative estimate of drug-likeness (QED) is 0.545. The molecule has 142 valence electrons. The van der Waals surface area contributed by atoms with Gasteiger partial charge in [0.1, 0.15) is 0 Å². The molecule has 0 aliphatic heterocycles. The Morgan fingerprint density at radius 3 is 1.83 bits per heavy atom. The molecule has 0 radical (unpaired) electrons. The second kappa shape index (κ2) is 11.1. The van der Waals surface area contributed by atoms with E-state index in [4.69, 9.17) is 4.99 Å². The van der Waals surface area contributed by atoms with Crippen molar-refractivity contribution in [3.05, 3.63) is 17.0 Å². The van der Waals surface area contributed by atoms with Gasteiger partial charge in [-0.2, -0.15) is 0 Å². The SMILES string of the molecule is CCCC(C)N=c1n(C(C)C)c(C)c(C(C)CC)n1C(C)C.F[PH3+]. The summed E-state index contributed by atoms with van der Waals surface area (Å²) in [6.45, 7) is 20.4. The molecule has 0 aliphatic rings. The monoisotopic (exact) mass is 360 g/mol. The number of rotatable bonds is 7. The van der Waals surface area contributed by atoms with E-state index in [1.54, 1.807) is 0 Å². The summed E-state index contributed by atoms with van der Waals surface area (Å²) in [5, 5.41) is 0. The summed E-state index contributed by atoms with van der Waals surface area (Å²) < 4.78 is 14.4. The predicted octanol–water partition coefficient (Wildman–Crippen LogP) is 5.84. The smallest absolute Gasteiger partial charge is 0.206 e. The van der Waals surface area contributed by atoms with E-state index >= 15 is 0 Å². The van der Waals surface area contributed by atoms with Crippen LogP contribution in [0.3, 0.4) is 0 Å². The van der Waals surface area contributed by atoms with E-state index in [1.807, 2.05) is 0 Å². The average Bonchev–Trinajstić information content (AvgIpc) is 2.81. The van der Waals surface area contributed by atoms with Crippen LogP contribution in [0.4, 0.5) is 4.20 Å². The van der Waals surface area contributed by atoms with E-state index in [1.165, 1.54) is 29.8 Å². The molecule has 0 amide bonds. The van der Waals surface area contributed by atoms with Crippen LogP contribution >= 0.6 is 9.55 Å². The van der Waals surface area contributed by atoms with Crippen LogP contribution in [0.25, 0.3) is 0 Å². The van der Waals surface area contributed by atoms with Gasteiger partial charge >= 0.3 is 0 Å². The van der Waals surface area contributed by atoms with Crippen molar-refractivity contribution in [1.82, 2.24) is 9.13 Å². The molecule has 0 spiro atoms. The minimum absolute atomic E-state index is 0.361. The summed E-state index contributed by atoms with van der Waals surface area (Å²) in [6.07, 6.45) is 3.50. The van der Waals surface area contributed by atoms with E-state index in [-0.39, 0.29) is 0 Å². The number of hydrogen-bond donors (Lipinski definition) is 0. The Labute approximate surface area is 151 Å².